The molecule has 2 heterocycles. The van der Waals surface area contributed by atoms with E-state index >= 15 is 0 Å². The Morgan fingerprint density at radius 1 is 1.04 bits per heavy atom. The fourth-order valence-corrected chi connectivity index (χ4v) is 4.85. The quantitative estimate of drug-likeness (QED) is 0.810. The summed E-state index contributed by atoms with van der Waals surface area (Å²) in [6.45, 7) is 3.52. The van der Waals surface area contributed by atoms with E-state index < -0.39 is 0 Å². The zero-order chi connectivity index (χ0) is 19.3. The first kappa shape index (κ1) is 19.0. The zero-order valence-electron chi connectivity index (χ0n) is 16.6. The molecule has 4 rings (SSSR count). The fourth-order valence-electron chi connectivity index (χ4n) is 4.85. The minimum Gasteiger partial charge on any atom is -0.493 e. The summed E-state index contributed by atoms with van der Waals surface area (Å²) in [5.41, 5.74) is 2.02. The van der Waals surface area contributed by atoms with E-state index in [0.29, 0.717) is 30.0 Å². The molecule has 2 fully saturated rings. The van der Waals surface area contributed by atoms with Crippen LogP contribution in [-0.4, -0.2) is 35.5 Å². The monoisotopic (exact) mass is 378 g/mol. The van der Waals surface area contributed by atoms with E-state index in [1.54, 1.807) is 0 Å². The van der Waals surface area contributed by atoms with Gasteiger partial charge in [0.15, 0.2) is 0 Å². The van der Waals surface area contributed by atoms with E-state index in [0.717, 1.165) is 19.4 Å². The summed E-state index contributed by atoms with van der Waals surface area (Å²) in [6.07, 6.45) is 5.82. The van der Waals surface area contributed by atoms with Gasteiger partial charge in [-0.15, -0.1) is 0 Å². The number of fused-ring (bicyclic) bond motifs is 2. The van der Waals surface area contributed by atoms with Crippen LogP contribution in [0.4, 0.5) is 0 Å². The Balaban J connectivity index is 1.42. The summed E-state index contributed by atoms with van der Waals surface area (Å²) in [4.78, 5) is 15.6. The minimum absolute atomic E-state index is 0.0105. The number of nitrogens with zero attached hydrogens (tertiary/aromatic N) is 1. The van der Waals surface area contributed by atoms with Crippen LogP contribution in [0.15, 0.2) is 54.6 Å². The van der Waals surface area contributed by atoms with Gasteiger partial charge in [0.25, 0.3) is 5.91 Å². The van der Waals surface area contributed by atoms with Crippen LogP contribution in [0.5, 0.6) is 5.75 Å². The van der Waals surface area contributed by atoms with Gasteiger partial charge in [0.2, 0.25) is 0 Å². The van der Waals surface area contributed by atoms with Gasteiger partial charge >= 0.3 is 0 Å². The van der Waals surface area contributed by atoms with Crippen LogP contribution in [0.1, 0.15) is 54.9 Å². The number of benzene rings is 2. The molecule has 2 saturated heterocycles. The lowest BCUT2D eigenvalue weighted by Gasteiger charge is -2.49. The van der Waals surface area contributed by atoms with Crippen molar-refractivity contribution in [2.75, 3.05) is 6.61 Å². The molecule has 1 N–H and O–H groups in total. The van der Waals surface area contributed by atoms with Crippen LogP contribution in [-0.2, 0) is 6.54 Å². The first-order chi connectivity index (χ1) is 13.7. The first-order valence-electron chi connectivity index (χ1n) is 10.6. The molecule has 2 aliphatic rings. The fraction of sp³-hybridized carbons (Fsp3) is 0.458. The first-order valence-corrected chi connectivity index (χ1v) is 10.6. The standard InChI is InChI=1S/C24H30N2O2/c1-2-28-23-14-7-6-13-22(23)24(27)25-19-15-20-11-8-12-21(16-19)26(20)17-18-9-4-3-5-10-18/h3-7,9-10,13-14,19-21H,2,8,11-12,15-17H2,1H3,(H,25,27)/t19?,20-,21+. The summed E-state index contributed by atoms with van der Waals surface area (Å²) in [5.74, 6) is 0.660. The zero-order valence-corrected chi connectivity index (χ0v) is 16.6. The van der Waals surface area contributed by atoms with Crippen molar-refractivity contribution in [1.82, 2.24) is 10.2 Å². The molecule has 1 amide bonds. The Morgan fingerprint density at radius 2 is 1.71 bits per heavy atom. The van der Waals surface area contributed by atoms with Crippen molar-refractivity contribution in [3.8, 4) is 5.75 Å². The lowest BCUT2D eigenvalue weighted by molar-refractivity contribution is 0.0177. The van der Waals surface area contributed by atoms with Gasteiger partial charge in [-0.1, -0.05) is 48.9 Å². The molecule has 3 atom stereocenters. The highest BCUT2D eigenvalue weighted by molar-refractivity contribution is 5.97. The average molecular weight is 379 g/mol. The van der Waals surface area contributed by atoms with Gasteiger partial charge in [0.1, 0.15) is 5.75 Å². The Kier molecular flexibility index (Phi) is 5.96. The van der Waals surface area contributed by atoms with Crippen LogP contribution in [0.25, 0.3) is 0 Å². The van der Waals surface area contributed by atoms with Crippen LogP contribution in [0.3, 0.4) is 0 Å². The molecule has 148 valence electrons. The van der Waals surface area contributed by atoms with Crippen LogP contribution < -0.4 is 10.1 Å². The Labute approximate surface area is 167 Å². The molecule has 0 radical (unpaired) electrons. The number of ether oxygens (including phenoxy) is 1. The highest BCUT2D eigenvalue weighted by Gasteiger charge is 2.38. The number of carbonyl (C=O) groups excluding carboxylic acids is 1. The molecule has 2 aliphatic heterocycles. The second-order valence-corrected chi connectivity index (χ2v) is 7.97. The lowest BCUT2D eigenvalue weighted by Crippen LogP contribution is -2.56. The minimum atomic E-state index is -0.0105. The number of carbonyl (C=O) groups is 1. The number of nitrogens with one attached hydrogen (secondary N) is 1. The Morgan fingerprint density at radius 3 is 2.43 bits per heavy atom. The summed E-state index contributed by atoms with van der Waals surface area (Å²) in [7, 11) is 0. The predicted molar refractivity (Wildman–Crippen MR) is 112 cm³/mol. The third kappa shape index (κ3) is 4.22. The molecular weight excluding hydrogens is 348 g/mol. The van der Waals surface area contributed by atoms with Crippen molar-refractivity contribution < 1.29 is 9.53 Å². The van der Waals surface area contributed by atoms with Crippen LogP contribution in [0, 0.1) is 0 Å². The van der Waals surface area contributed by atoms with Gasteiger partial charge < -0.3 is 10.1 Å². The smallest absolute Gasteiger partial charge is 0.255 e. The summed E-state index contributed by atoms with van der Waals surface area (Å²) < 4.78 is 5.64. The van der Waals surface area contributed by atoms with Gasteiger partial charge in [-0.25, -0.2) is 0 Å². The highest BCUT2D eigenvalue weighted by atomic mass is 16.5. The van der Waals surface area contributed by atoms with Crippen molar-refractivity contribution in [1.29, 1.82) is 0 Å². The van der Waals surface area contributed by atoms with Gasteiger partial charge in [-0.05, 0) is 50.3 Å². The number of hydrogen-bond donors (Lipinski definition) is 1. The Hall–Kier alpha value is -2.33. The van der Waals surface area contributed by atoms with E-state index in [4.69, 9.17) is 4.74 Å². The van der Waals surface area contributed by atoms with Gasteiger partial charge in [-0.2, -0.15) is 0 Å². The molecule has 0 saturated carbocycles. The molecular formula is C24H30N2O2. The molecule has 0 spiro atoms. The second kappa shape index (κ2) is 8.78. The summed E-state index contributed by atoms with van der Waals surface area (Å²) in [5, 5.41) is 3.30. The van der Waals surface area contributed by atoms with Crippen molar-refractivity contribution in [3.05, 3.63) is 65.7 Å². The molecule has 1 unspecified atom stereocenters. The third-order valence-corrected chi connectivity index (χ3v) is 6.10. The third-order valence-electron chi connectivity index (χ3n) is 6.10. The molecule has 2 bridgehead atoms. The largest absolute Gasteiger partial charge is 0.493 e. The molecule has 4 nitrogen and oxygen atoms in total. The predicted octanol–water partition coefficient (Wildman–Crippen LogP) is 4.40. The maximum atomic E-state index is 12.9. The topological polar surface area (TPSA) is 41.6 Å². The SMILES string of the molecule is CCOc1ccccc1C(=O)NC1C[C@H]2CCC[C@@H](C1)N2Cc1ccccc1. The van der Waals surface area contributed by atoms with E-state index in [9.17, 15) is 4.79 Å². The summed E-state index contributed by atoms with van der Waals surface area (Å²) in [6, 6.07) is 19.6. The molecule has 2 aromatic carbocycles. The molecule has 4 heteroatoms. The summed E-state index contributed by atoms with van der Waals surface area (Å²) >= 11 is 0. The van der Waals surface area contributed by atoms with E-state index in [2.05, 4.69) is 40.5 Å². The van der Waals surface area contributed by atoms with Crippen molar-refractivity contribution in [2.45, 2.75) is 63.7 Å². The number of piperidine rings is 2. The van der Waals surface area contributed by atoms with Gasteiger partial charge in [0, 0.05) is 24.7 Å². The number of amides is 1. The van der Waals surface area contributed by atoms with E-state index in [1.807, 2.05) is 31.2 Å². The lowest BCUT2D eigenvalue weighted by atomic mass is 9.81. The second-order valence-electron chi connectivity index (χ2n) is 7.97. The average Bonchev–Trinajstić information content (AvgIpc) is 2.70. The normalized spacial score (nSPS) is 24.5. The molecule has 0 aliphatic carbocycles. The number of rotatable bonds is 6. The van der Waals surface area contributed by atoms with Crippen LogP contribution in [0.2, 0.25) is 0 Å². The van der Waals surface area contributed by atoms with E-state index in [-0.39, 0.29) is 11.9 Å². The maximum Gasteiger partial charge on any atom is 0.255 e. The maximum absolute atomic E-state index is 12.9. The van der Waals surface area contributed by atoms with Gasteiger partial charge in [0.05, 0.1) is 12.2 Å². The van der Waals surface area contributed by atoms with Gasteiger partial charge in [-0.3, -0.25) is 9.69 Å². The highest BCUT2D eigenvalue weighted by Crippen LogP contribution is 2.35. The molecule has 0 aromatic heterocycles. The van der Waals surface area contributed by atoms with E-state index in [1.165, 1.54) is 24.8 Å². The Bertz CT molecular complexity index is 778. The van der Waals surface area contributed by atoms with Crippen molar-refractivity contribution in [2.24, 2.45) is 0 Å². The number of para-hydroxylation sites is 1. The van der Waals surface area contributed by atoms with Crippen molar-refractivity contribution in [3.63, 3.8) is 0 Å². The molecule has 28 heavy (non-hydrogen) atoms. The van der Waals surface area contributed by atoms with Crippen LogP contribution >= 0.6 is 0 Å². The number of hydrogen-bond acceptors (Lipinski definition) is 3. The van der Waals surface area contributed by atoms with Crippen molar-refractivity contribution >= 4 is 5.91 Å². The molecule has 2 aromatic rings.